The van der Waals surface area contributed by atoms with Gasteiger partial charge in [0.05, 0.1) is 6.10 Å². The van der Waals surface area contributed by atoms with Crippen LogP contribution in [0.2, 0.25) is 0 Å². The molecule has 0 aromatic heterocycles. The van der Waals surface area contributed by atoms with Crippen molar-refractivity contribution in [3.05, 3.63) is 0 Å². The average Bonchev–Trinajstić information content (AvgIpc) is 2.79. The molecule has 3 heteroatoms. The molecule has 2 heterocycles. The van der Waals surface area contributed by atoms with E-state index in [0.29, 0.717) is 6.04 Å². The maximum absolute atomic E-state index is 9.55. The normalized spacial score (nSPS) is 37.2. The van der Waals surface area contributed by atoms with Gasteiger partial charge < -0.3 is 15.3 Å². The number of rotatable bonds is 2. The Kier molecular flexibility index (Phi) is 3.92. The third-order valence-electron chi connectivity index (χ3n) is 5.51. The van der Waals surface area contributed by atoms with Gasteiger partial charge in [-0.3, -0.25) is 0 Å². The van der Waals surface area contributed by atoms with Crippen LogP contribution in [0.4, 0.5) is 0 Å². The molecule has 0 aromatic carbocycles. The Bertz CT molecular complexity index is 266. The van der Waals surface area contributed by atoms with Crippen molar-refractivity contribution in [3.63, 3.8) is 0 Å². The Hall–Kier alpha value is -0.120. The highest BCUT2D eigenvalue weighted by atomic mass is 16.3. The van der Waals surface area contributed by atoms with Gasteiger partial charge in [0.25, 0.3) is 0 Å². The summed E-state index contributed by atoms with van der Waals surface area (Å²) in [6, 6.07) is 0.528. The molecule has 0 amide bonds. The molecule has 3 aliphatic rings. The molecule has 3 fully saturated rings. The van der Waals surface area contributed by atoms with Gasteiger partial charge in [-0.15, -0.1) is 0 Å². The lowest BCUT2D eigenvalue weighted by Crippen LogP contribution is -2.45. The number of β-amino-alcohol motifs (C(OH)–C–C–N with tert-alkyl or cyclic N) is 1. The van der Waals surface area contributed by atoms with Crippen LogP contribution < -0.4 is 5.32 Å². The standard InChI is InChI=1S/C15H28N2O/c18-14-10-13(16-11-14)12-17-8-6-15(7-9-17)4-2-1-3-5-15/h13-14,16,18H,1-12H2. The Balaban J connectivity index is 1.45. The van der Waals surface area contributed by atoms with Gasteiger partial charge >= 0.3 is 0 Å². The zero-order valence-electron chi connectivity index (χ0n) is 11.5. The van der Waals surface area contributed by atoms with Crippen molar-refractivity contribution >= 4 is 0 Å². The van der Waals surface area contributed by atoms with E-state index in [9.17, 15) is 5.11 Å². The van der Waals surface area contributed by atoms with Gasteiger partial charge in [-0.25, -0.2) is 0 Å². The summed E-state index contributed by atoms with van der Waals surface area (Å²) >= 11 is 0. The quantitative estimate of drug-likeness (QED) is 0.786. The topological polar surface area (TPSA) is 35.5 Å². The molecule has 1 spiro atoms. The number of hydrogen-bond donors (Lipinski definition) is 2. The molecule has 3 rings (SSSR count). The van der Waals surface area contributed by atoms with E-state index in [1.165, 1.54) is 58.0 Å². The highest BCUT2D eigenvalue weighted by Gasteiger charge is 2.36. The van der Waals surface area contributed by atoms with Gasteiger partial charge in [0.1, 0.15) is 0 Å². The number of piperidine rings is 1. The fourth-order valence-corrected chi connectivity index (χ4v) is 4.26. The second-order valence-corrected chi connectivity index (χ2v) is 6.86. The fourth-order valence-electron chi connectivity index (χ4n) is 4.26. The minimum absolute atomic E-state index is 0.107. The molecule has 104 valence electrons. The van der Waals surface area contributed by atoms with Gasteiger partial charge in [0, 0.05) is 19.1 Å². The van der Waals surface area contributed by atoms with Crippen molar-refractivity contribution in [2.45, 2.75) is 63.5 Å². The smallest absolute Gasteiger partial charge is 0.0680 e. The molecule has 1 saturated carbocycles. The molecular weight excluding hydrogens is 224 g/mol. The Morgan fingerprint density at radius 2 is 1.78 bits per heavy atom. The first kappa shape index (κ1) is 12.9. The van der Waals surface area contributed by atoms with E-state index in [4.69, 9.17) is 0 Å². The first-order valence-corrected chi connectivity index (χ1v) is 7.90. The van der Waals surface area contributed by atoms with Crippen LogP contribution in [0.3, 0.4) is 0 Å². The van der Waals surface area contributed by atoms with Crippen LogP contribution in [-0.4, -0.2) is 48.3 Å². The largest absolute Gasteiger partial charge is 0.392 e. The van der Waals surface area contributed by atoms with E-state index in [1.54, 1.807) is 0 Å². The minimum atomic E-state index is -0.107. The molecule has 2 unspecified atom stereocenters. The van der Waals surface area contributed by atoms with Gasteiger partial charge in [-0.1, -0.05) is 19.3 Å². The Morgan fingerprint density at radius 3 is 2.39 bits per heavy atom. The highest BCUT2D eigenvalue weighted by molar-refractivity contribution is 4.90. The highest BCUT2D eigenvalue weighted by Crippen LogP contribution is 2.44. The van der Waals surface area contributed by atoms with Crippen molar-refractivity contribution in [1.29, 1.82) is 0 Å². The van der Waals surface area contributed by atoms with Crippen LogP contribution >= 0.6 is 0 Å². The second-order valence-electron chi connectivity index (χ2n) is 6.86. The lowest BCUT2D eigenvalue weighted by atomic mass is 9.68. The van der Waals surface area contributed by atoms with Gasteiger partial charge in [-0.2, -0.15) is 0 Å². The zero-order valence-corrected chi connectivity index (χ0v) is 11.5. The third kappa shape index (κ3) is 2.89. The lowest BCUT2D eigenvalue weighted by Gasteiger charge is -2.44. The first-order valence-electron chi connectivity index (χ1n) is 7.90. The van der Waals surface area contributed by atoms with E-state index in [2.05, 4.69) is 10.2 Å². The molecule has 0 aromatic rings. The zero-order chi connectivity index (χ0) is 12.4. The minimum Gasteiger partial charge on any atom is -0.392 e. The molecule has 3 nitrogen and oxygen atoms in total. The predicted molar refractivity (Wildman–Crippen MR) is 73.6 cm³/mol. The first-order chi connectivity index (χ1) is 8.76. The Morgan fingerprint density at radius 1 is 1.06 bits per heavy atom. The number of nitrogens with one attached hydrogen (secondary N) is 1. The lowest BCUT2D eigenvalue weighted by molar-refractivity contribution is 0.0631. The van der Waals surface area contributed by atoms with Crippen molar-refractivity contribution in [1.82, 2.24) is 10.2 Å². The monoisotopic (exact) mass is 252 g/mol. The third-order valence-corrected chi connectivity index (χ3v) is 5.51. The summed E-state index contributed by atoms with van der Waals surface area (Å²) in [7, 11) is 0. The predicted octanol–water partition coefficient (Wildman–Crippen LogP) is 1.76. The van der Waals surface area contributed by atoms with Crippen molar-refractivity contribution in [2.24, 2.45) is 5.41 Å². The molecule has 1 aliphatic carbocycles. The summed E-state index contributed by atoms with van der Waals surface area (Å²) < 4.78 is 0. The van der Waals surface area contributed by atoms with Crippen molar-refractivity contribution < 1.29 is 5.11 Å². The average molecular weight is 252 g/mol. The summed E-state index contributed by atoms with van der Waals surface area (Å²) in [5.74, 6) is 0. The van der Waals surface area contributed by atoms with E-state index in [0.717, 1.165) is 24.9 Å². The summed E-state index contributed by atoms with van der Waals surface area (Å²) in [5, 5.41) is 13.0. The number of hydrogen-bond acceptors (Lipinski definition) is 3. The molecule has 2 N–H and O–H groups in total. The van der Waals surface area contributed by atoms with Gasteiger partial charge in [0.2, 0.25) is 0 Å². The van der Waals surface area contributed by atoms with E-state index in [-0.39, 0.29) is 6.10 Å². The molecule has 2 atom stereocenters. The maximum atomic E-state index is 9.55. The maximum Gasteiger partial charge on any atom is 0.0680 e. The molecule has 0 radical (unpaired) electrons. The van der Waals surface area contributed by atoms with E-state index >= 15 is 0 Å². The van der Waals surface area contributed by atoms with Crippen LogP contribution in [-0.2, 0) is 0 Å². The van der Waals surface area contributed by atoms with Crippen LogP contribution in [0.5, 0.6) is 0 Å². The number of aliphatic hydroxyl groups is 1. The summed E-state index contributed by atoms with van der Waals surface area (Å²) in [5.41, 5.74) is 0.720. The van der Waals surface area contributed by atoms with E-state index < -0.39 is 0 Å². The molecule has 18 heavy (non-hydrogen) atoms. The van der Waals surface area contributed by atoms with Crippen LogP contribution in [0.25, 0.3) is 0 Å². The second kappa shape index (κ2) is 5.48. The summed E-state index contributed by atoms with van der Waals surface area (Å²) in [6.07, 6.45) is 11.1. The molecule has 2 saturated heterocycles. The van der Waals surface area contributed by atoms with Crippen LogP contribution in [0.15, 0.2) is 0 Å². The molecular formula is C15H28N2O. The number of nitrogens with zero attached hydrogens (tertiary/aromatic N) is 1. The Labute approximate surface area is 111 Å². The summed E-state index contributed by atoms with van der Waals surface area (Å²) in [4.78, 5) is 2.62. The SMILES string of the molecule is OC1CNC(CN2CCC3(CCCCC3)CC2)C1. The number of likely N-dealkylation sites (tertiary alicyclic amines) is 1. The summed E-state index contributed by atoms with van der Waals surface area (Å²) in [6.45, 7) is 4.51. The molecule has 0 bridgehead atoms. The molecule has 2 aliphatic heterocycles. The van der Waals surface area contributed by atoms with Crippen LogP contribution in [0.1, 0.15) is 51.4 Å². The van der Waals surface area contributed by atoms with E-state index in [1.807, 2.05) is 0 Å². The van der Waals surface area contributed by atoms with Crippen LogP contribution in [0, 0.1) is 5.41 Å². The number of aliphatic hydroxyl groups excluding tert-OH is 1. The van der Waals surface area contributed by atoms with Gasteiger partial charge in [0.15, 0.2) is 0 Å². The van der Waals surface area contributed by atoms with Crippen molar-refractivity contribution in [3.8, 4) is 0 Å². The van der Waals surface area contributed by atoms with Gasteiger partial charge in [-0.05, 0) is 50.6 Å². The van der Waals surface area contributed by atoms with Crippen molar-refractivity contribution in [2.75, 3.05) is 26.2 Å². The fraction of sp³-hybridized carbons (Fsp3) is 1.00.